The Morgan fingerprint density at radius 3 is 2.64 bits per heavy atom. The van der Waals surface area contributed by atoms with Gasteiger partial charge in [-0.15, -0.1) is 11.3 Å². The summed E-state index contributed by atoms with van der Waals surface area (Å²) >= 11 is 1.58. The average Bonchev–Trinajstić information content (AvgIpc) is 3.12. The van der Waals surface area contributed by atoms with Crippen molar-refractivity contribution in [3.05, 3.63) is 45.9 Å². The summed E-state index contributed by atoms with van der Waals surface area (Å²) in [6.45, 7) is 4.22. The van der Waals surface area contributed by atoms with Gasteiger partial charge < -0.3 is 14.8 Å². The second-order valence-corrected chi connectivity index (χ2v) is 8.25. The van der Waals surface area contributed by atoms with Crippen LogP contribution in [0.1, 0.15) is 53.7 Å². The molecule has 1 aliphatic rings. The molecule has 0 spiro atoms. The third-order valence-electron chi connectivity index (χ3n) is 4.94. The number of nitrogens with one attached hydrogen (secondary N) is 1. The Morgan fingerprint density at radius 2 is 1.96 bits per heavy atom. The number of esters is 1. The zero-order valence-electron chi connectivity index (χ0n) is 16.3. The summed E-state index contributed by atoms with van der Waals surface area (Å²) in [7, 11) is 0. The largest absolute Gasteiger partial charge is 0.487 e. The van der Waals surface area contributed by atoms with Crippen molar-refractivity contribution < 1.29 is 19.1 Å². The molecular weight excluding hydrogens is 376 g/mol. The van der Waals surface area contributed by atoms with Crippen LogP contribution in [-0.4, -0.2) is 29.5 Å². The second-order valence-electron chi connectivity index (χ2n) is 7.18. The molecule has 1 N–H and O–H groups in total. The number of hydrogen-bond donors (Lipinski definition) is 1. The first-order chi connectivity index (χ1) is 13.5. The SMILES string of the molecule is Cc1nc(COc2ccc(C(=O)OCC(=O)NC3CCCCC3C)cc2)cs1. The number of ether oxygens (including phenoxy) is 2. The third kappa shape index (κ3) is 5.79. The monoisotopic (exact) mass is 402 g/mol. The van der Waals surface area contributed by atoms with E-state index in [0.717, 1.165) is 30.0 Å². The van der Waals surface area contributed by atoms with E-state index in [0.29, 0.717) is 23.8 Å². The molecule has 28 heavy (non-hydrogen) atoms. The Labute approximate surface area is 169 Å². The molecule has 2 atom stereocenters. The van der Waals surface area contributed by atoms with E-state index in [1.54, 1.807) is 35.6 Å². The topological polar surface area (TPSA) is 77.5 Å². The van der Waals surface area contributed by atoms with Gasteiger partial charge in [-0.2, -0.15) is 0 Å². The lowest BCUT2D eigenvalue weighted by Crippen LogP contribution is -2.42. The first-order valence-corrected chi connectivity index (χ1v) is 10.5. The summed E-state index contributed by atoms with van der Waals surface area (Å²) < 4.78 is 10.8. The Morgan fingerprint density at radius 1 is 1.21 bits per heavy atom. The lowest BCUT2D eigenvalue weighted by atomic mass is 9.86. The van der Waals surface area contributed by atoms with E-state index in [-0.39, 0.29) is 18.6 Å². The molecule has 0 radical (unpaired) electrons. The van der Waals surface area contributed by atoms with Crippen LogP contribution in [0, 0.1) is 12.8 Å². The van der Waals surface area contributed by atoms with E-state index in [4.69, 9.17) is 9.47 Å². The molecule has 1 saturated carbocycles. The van der Waals surface area contributed by atoms with Crippen molar-refractivity contribution in [2.24, 2.45) is 5.92 Å². The van der Waals surface area contributed by atoms with Gasteiger partial charge in [0, 0.05) is 11.4 Å². The maximum Gasteiger partial charge on any atom is 0.338 e. The zero-order valence-corrected chi connectivity index (χ0v) is 17.1. The number of rotatable bonds is 7. The van der Waals surface area contributed by atoms with Gasteiger partial charge in [0.05, 0.1) is 16.3 Å². The fraction of sp³-hybridized carbons (Fsp3) is 0.476. The number of benzene rings is 1. The third-order valence-corrected chi connectivity index (χ3v) is 5.76. The summed E-state index contributed by atoms with van der Waals surface area (Å²) in [5, 5.41) is 5.93. The number of aromatic nitrogens is 1. The molecule has 6 nitrogen and oxygen atoms in total. The fourth-order valence-corrected chi connectivity index (χ4v) is 3.91. The highest BCUT2D eigenvalue weighted by atomic mass is 32.1. The van der Waals surface area contributed by atoms with Crippen LogP contribution < -0.4 is 10.1 Å². The Bertz CT molecular complexity index is 803. The van der Waals surface area contributed by atoms with Gasteiger partial charge in [-0.05, 0) is 49.9 Å². The molecule has 150 valence electrons. The van der Waals surface area contributed by atoms with Crippen LogP contribution in [0.2, 0.25) is 0 Å². The minimum atomic E-state index is -0.520. The molecule has 1 fully saturated rings. The van der Waals surface area contributed by atoms with Crippen molar-refractivity contribution in [3.8, 4) is 5.75 Å². The molecule has 1 aliphatic carbocycles. The van der Waals surface area contributed by atoms with Crippen LogP contribution in [0.25, 0.3) is 0 Å². The van der Waals surface area contributed by atoms with Crippen LogP contribution >= 0.6 is 11.3 Å². The molecule has 7 heteroatoms. The Hall–Kier alpha value is -2.41. The van der Waals surface area contributed by atoms with E-state index in [2.05, 4.69) is 17.2 Å². The molecule has 3 rings (SSSR count). The second kappa shape index (κ2) is 9.68. The van der Waals surface area contributed by atoms with E-state index >= 15 is 0 Å². The number of nitrogens with zero attached hydrogens (tertiary/aromatic N) is 1. The zero-order chi connectivity index (χ0) is 19.9. The summed E-state index contributed by atoms with van der Waals surface area (Å²) in [5.74, 6) is 0.347. The van der Waals surface area contributed by atoms with Crippen molar-refractivity contribution in [2.45, 2.75) is 52.2 Å². The van der Waals surface area contributed by atoms with Crippen molar-refractivity contribution in [3.63, 3.8) is 0 Å². The number of carbonyl (C=O) groups is 2. The van der Waals surface area contributed by atoms with Crippen molar-refractivity contribution in [2.75, 3.05) is 6.61 Å². The van der Waals surface area contributed by atoms with Crippen LogP contribution in [0.15, 0.2) is 29.6 Å². The van der Waals surface area contributed by atoms with Gasteiger partial charge in [0.2, 0.25) is 0 Å². The number of carbonyl (C=O) groups excluding carboxylic acids is 2. The molecule has 1 aromatic carbocycles. The lowest BCUT2D eigenvalue weighted by Gasteiger charge is -2.29. The molecule has 1 heterocycles. The summed E-state index contributed by atoms with van der Waals surface area (Å²) in [4.78, 5) is 28.5. The fourth-order valence-electron chi connectivity index (χ4n) is 3.31. The van der Waals surface area contributed by atoms with Gasteiger partial charge in [-0.25, -0.2) is 9.78 Å². The normalized spacial score (nSPS) is 19.1. The standard InChI is InChI=1S/C21H26N2O4S/c1-14-5-3-4-6-19(14)23-20(24)12-27-21(25)16-7-9-18(10-8-16)26-11-17-13-28-15(2)22-17/h7-10,13-14,19H,3-6,11-12H2,1-2H3,(H,23,24). The lowest BCUT2D eigenvalue weighted by molar-refractivity contribution is -0.125. The van der Waals surface area contributed by atoms with E-state index < -0.39 is 5.97 Å². The molecule has 0 saturated heterocycles. The number of amides is 1. The van der Waals surface area contributed by atoms with Crippen LogP contribution in [-0.2, 0) is 16.1 Å². The van der Waals surface area contributed by atoms with Gasteiger partial charge >= 0.3 is 5.97 Å². The number of aryl methyl sites for hydroxylation is 1. The van der Waals surface area contributed by atoms with Crippen LogP contribution in [0.3, 0.4) is 0 Å². The predicted octanol–water partition coefficient (Wildman–Crippen LogP) is 3.88. The van der Waals surface area contributed by atoms with Crippen LogP contribution in [0.5, 0.6) is 5.75 Å². The summed E-state index contributed by atoms with van der Waals surface area (Å²) in [6, 6.07) is 6.85. The highest BCUT2D eigenvalue weighted by Crippen LogP contribution is 2.23. The maximum atomic E-state index is 12.1. The molecular formula is C21H26N2O4S. The van der Waals surface area contributed by atoms with Crippen molar-refractivity contribution in [1.29, 1.82) is 0 Å². The molecule has 1 amide bonds. The van der Waals surface area contributed by atoms with Crippen molar-refractivity contribution >= 4 is 23.2 Å². The first kappa shape index (κ1) is 20.3. The summed E-state index contributed by atoms with van der Waals surface area (Å²) in [6.07, 6.45) is 4.46. The van der Waals surface area contributed by atoms with Gasteiger partial charge in [0.1, 0.15) is 12.4 Å². The molecule has 2 aromatic rings. The quantitative estimate of drug-likeness (QED) is 0.711. The van der Waals surface area contributed by atoms with Gasteiger partial charge in [-0.1, -0.05) is 19.8 Å². The van der Waals surface area contributed by atoms with Crippen LogP contribution in [0.4, 0.5) is 0 Å². The predicted molar refractivity (Wildman–Crippen MR) is 107 cm³/mol. The van der Waals surface area contributed by atoms with Crippen molar-refractivity contribution in [1.82, 2.24) is 10.3 Å². The molecule has 1 aromatic heterocycles. The van der Waals surface area contributed by atoms with Gasteiger partial charge in [0.25, 0.3) is 5.91 Å². The highest BCUT2D eigenvalue weighted by Gasteiger charge is 2.23. The maximum absolute atomic E-state index is 12.1. The summed E-state index contributed by atoms with van der Waals surface area (Å²) in [5.41, 5.74) is 1.26. The van der Waals surface area contributed by atoms with Gasteiger partial charge in [-0.3, -0.25) is 4.79 Å². The number of thiazole rings is 1. The minimum absolute atomic E-state index is 0.179. The smallest absolute Gasteiger partial charge is 0.338 e. The number of hydrogen-bond acceptors (Lipinski definition) is 6. The minimum Gasteiger partial charge on any atom is -0.487 e. The average molecular weight is 403 g/mol. The molecule has 2 unspecified atom stereocenters. The molecule has 0 bridgehead atoms. The Balaban J connectivity index is 1.43. The Kier molecular flexibility index (Phi) is 7.03. The first-order valence-electron chi connectivity index (χ1n) is 9.61. The van der Waals surface area contributed by atoms with E-state index in [9.17, 15) is 9.59 Å². The highest BCUT2D eigenvalue weighted by molar-refractivity contribution is 7.09. The van der Waals surface area contributed by atoms with Gasteiger partial charge in [0.15, 0.2) is 6.61 Å². The van der Waals surface area contributed by atoms with E-state index in [1.165, 1.54) is 6.42 Å². The molecule has 0 aliphatic heterocycles. The van der Waals surface area contributed by atoms with E-state index in [1.807, 2.05) is 12.3 Å².